The number of rotatable bonds is 8. The van der Waals surface area contributed by atoms with E-state index in [4.69, 9.17) is 9.47 Å². The molecular weight excluding hydrogens is 404 g/mol. The molecule has 0 amide bonds. The molecule has 0 radical (unpaired) electrons. The summed E-state index contributed by atoms with van der Waals surface area (Å²) in [5, 5.41) is 11.5. The molecule has 0 bridgehead atoms. The molecule has 0 unspecified atom stereocenters. The third kappa shape index (κ3) is 5.46. The molecule has 32 heavy (non-hydrogen) atoms. The van der Waals surface area contributed by atoms with Gasteiger partial charge in [-0.3, -0.25) is 10.1 Å². The predicted octanol–water partition coefficient (Wildman–Crippen LogP) is 6.34. The first-order valence-electron chi connectivity index (χ1n) is 10.7. The molecule has 0 saturated carbocycles. The number of nitro groups is 1. The molecule has 1 fully saturated rings. The monoisotopic (exact) mass is 430 g/mol. The summed E-state index contributed by atoms with van der Waals surface area (Å²) in [4.78, 5) is 13.3. The Bertz CT molecular complexity index is 1110. The van der Waals surface area contributed by atoms with Crippen molar-refractivity contribution in [2.45, 2.75) is 26.4 Å². The Balaban J connectivity index is 1.56. The van der Waals surface area contributed by atoms with Crippen LogP contribution in [0.1, 0.15) is 29.5 Å². The molecule has 164 valence electrons. The van der Waals surface area contributed by atoms with E-state index in [9.17, 15) is 10.1 Å². The Kier molecular flexibility index (Phi) is 6.70. The minimum atomic E-state index is -0.367. The highest BCUT2D eigenvalue weighted by Gasteiger charge is 2.15. The van der Waals surface area contributed by atoms with Crippen LogP contribution in [-0.2, 0) is 6.61 Å². The minimum Gasteiger partial charge on any atom is -0.485 e. The van der Waals surface area contributed by atoms with E-state index in [0.29, 0.717) is 29.4 Å². The van der Waals surface area contributed by atoms with E-state index in [2.05, 4.69) is 4.90 Å². The smallest absolute Gasteiger partial charge is 0.276 e. The van der Waals surface area contributed by atoms with Crippen LogP contribution in [0.15, 0.2) is 72.9 Å². The van der Waals surface area contributed by atoms with Crippen molar-refractivity contribution in [2.75, 3.05) is 13.1 Å². The van der Waals surface area contributed by atoms with Crippen LogP contribution in [0.25, 0.3) is 6.08 Å². The molecule has 1 saturated heterocycles. The Labute approximate surface area is 187 Å². The number of nitrogens with zero attached hydrogens (tertiary/aromatic N) is 2. The molecule has 0 spiro atoms. The lowest BCUT2D eigenvalue weighted by Crippen LogP contribution is -2.10. The third-order valence-corrected chi connectivity index (χ3v) is 5.37. The Hall–Kier alpha value is -3.80. The fourth-order valence-electron chi connectivity index (χ4n) is 3.65. The summed E-state index contributed by atoms with van der Waals surface area (Å²) in [7, 11) is 0. The first-order chi connectivity index (χ1) is 15.6. The summed E-state index contributed by atoms with van der Waals surface area (Å²) in [6, 6.07) is 20.5. The molecule has 0 atom stereocenters. The lowest BCUT2D eigenvalue weighted by Gasteiger charge is -2.14. The van der Waals surface area contributed by atoms with Crippen LogP contribution < -0.4 is 9.47 Å². The molecular formula is C26H26N2O4. The van der Waals surface area contributed by atoms with Crippen LogP contribution in [-0.4, -0.2) is 22.9 Å². The molecule has 0 aromatic heterocycles. The molecule has 3 aromatic rings. The van der Waals surface area contributed by atoms with E-state index in [-0.39, 0.29) is 10.6 Å². The van der Waals surface area contributed by atoms with Crippen molar-refractivity contribution in [3.63, 3.8) is 0 Å². The van der Waals surface area contributed by atoms with E-state index in [1.165, 1.54) is 6.07 Å². The number of nitro benzene ring substituents is 1. The third-order valence-electron chi connectivity index (χ3n) is 5.37. The SMILES string of the molecule is Cc1ccc(Oc2ccc([N+](=O)[O-])c(/C=C/N3CCCC3)c2)c(OCc2ccccc2)c1. The summed E-state index contributed by atoms with van der Waals surface area (Å²) in [5.41, 5.74) is 2.68. The molecule has 4 rings (SSSR count). The Morgan fingerprint density at radius 2 is 1.78 bits per heavy atom. The van der Waals surface area contributed by atoms with Crippen LogP contribution in [0.5, 0.6) is 17.2 Å². The van der Waals surface area contributed by atoms with Gasteiger partial charge in [-0.1, -0.05) is 36.4 Å². The van der Waals surface area contributed by atoms with Gasteiger partial charge in [0, 0.05) is 19.2 Å². The molecule has 3 aromatic carbocycles. The normalized spacial score (nSPS) is 13.5. The van der Waals surface area contributed by atoms with E-state index in [1.54, 1.807) is 18.2 Å². The van der Waals surface area contributed by atoms with Crippen LogP contribution in [0.3, 0.4) is 0 Å². The van der Waals surface area contributed by atoms with Crippen molar-refractivity contribution in [1.29, 1.82) is 0 Å². The summed E-state index contributed by atoms with van der Waals surface area (Å²) >= 11 is 0. The molecule has 1 heterocycles. The van der Waals surface area contributed by atoms with Gasteiger partial charge in [0.05, 0.1) is 10.5 Å². The maximum absolute atomic E-state index is 11.5. The number of likely N-dealkylation sites (tertiary alicyclic amines) is 1. The van der Waals surface area contributed by atoms with E-state index in [0.717, 1.165) is 37.1 Å². The number of hydrogen-bond donors (Lipinski definition) is 0. The van der Waals surface area contributed by atoms with E-state index < -0.39 is 0 Å². The van der Waals surface area contributed by atoms with Crippen molar-refractivity contribution in [1.82, 2.24) is 4.90 Å². The zero-order valence-corrected chi connectivity index (χ0v) is 18.1. The number of aryl methyl sites for hydroxylation is 1. The summed E-state index contributed by atoms with van der Waals surface area (Å²) in [6.45, 7) is 4.37. The zero-order valence-electron chi connectivity index (χ0n) is 18.1. The molecule has 0 N–H and O–H groups in total. The van der Waals surface area contributed by atoms with Gasteiger partial charge < -0.3 is 14.4 Å². The second kappa shape index (κ2) is 10.0. The average Bonchev–Trinajstić information content (AvgIpc) is 3.32. The Morgan fingerprint density at radius 3 is 2.53 bits per heavy atom. The quantitative estimate of drug-likeness (QED) is 0.308. The summed E-state index contributed by atoms with van der Waals surface area (Å²) in [6.07, 6.45) is 6.02. The van der Waals surface area contributed by atoms with Gasteiger partial charge >= 0.3 is 0 Å². The van der Waals surface area contributed by atoms with Crippen LogP contribution >= 0.6 is 0 Å². The second-order valence-corrected chi connectivity index (χ2v) is 7.86. The lowest BCUT2D eigenvalue weighted by molar-refractivity contribution is -0.385. The van der Waals surface area contributed by atoms with Crippen molar-refractivity contribution in [2.24, 2.45) is 0 Å². The van der Waals surface area contributed by atoms with Gasteiger partial charge in [0.1, 0.15) is 12.4 Å². The van der Waals surface area contributed by atoms with E-state index in [1.807, 2.05) is 61.7 Å². The van der Waals surface area contributed by atoms with Gasteiger partial charge in [0.15, 0.2) is 11.5 Å². The molecule has 0 aliphatic carbocycles. The molecule has 1 aliphatic heterocycles. The standard InChI is InChI=1S/C26H26N2O4/c1-20-9-12-25(26(17-20)31-19-21-7-3-2-4-8-21)32-23-10-11-24(28(29)30)22(18-23)13-16-27-14-5-6-15-27/h2-4,7-13,16-18H,5-6,14-15,19H2,1H3/b16-13+. The molecule has 6 nitrogen and oxygen atoms in total. The molecule has 6 heteroatoms. The fraction of sp³-hybridized carbons (Fsp3) is 0.231. The fourth-order valence-corrected chi connectivity index (χ4v) is 3.65. The summed E-state index contributed by atoms with van der Waals surface area (Å²) < 4.78 is 12.1. The largest absolute Gasteiger partial charge is 0.485 e. The van der Waals surface area contributed by atoms with E-state index >= 15 is 0 Å². The van der Waals surface area contributed by atoms with Crippen molar-refractivity contribution >= 4 is 11.8 Å². The maximum atomic E-state index is 11.5. The second-order valence-electron chi connectivity index (χ2n) is 7.86. The van der Waals surface area contributed by atoms with Crippen LogP contribution in [0.2, 0.25) is 0 Å². The zero-order chi connectivity index (χ0) is 22.3. The first kappa shape index (κ1) is 21.4. The van der Waals surface area contributed by atoms with Gasteiger partial charge in [-0.25, -0.2) is 0 Å². The predicted molar refractivity (Wildman–Crippen MR) is 125 cm³/mol. The highest BCUT2D eigenvalue weighted by atomic mass is 16.6. The van der Waals surface area contributed by atoms with Gasteiger partial charge in [0.25, 0.3) is 5.69 Å². The van der Waals surface area contributed by atoms with Gasteiger partial charge in [-0.15, -0.1) is 0 Å². The molecule has 1 aliphatic rings. The van der Waals surface area contributed by atoms with Crippen LogP contribution in [0, 0.1) is 17.0 Å². The van der Waals surface area contributed by atoms with Crippen molar-refractivity contribution < 1.29 is 14.4 Å². The van der Waals surface area contributed by atoms with Gasteiger partial charge in [0.2, 0.25) is 0 Å². The lowest BCUT2D eigenvalue weighted by atomic mass is 10.1. The minimum absolute atomic E-state index is 0.0530. The summed E-state index contributed by atoms with van der Waals surface area (Å²) in [5.74, 6) is 1.71. The number of benzene rings is 3. The highest BCUT2D eigenvalue weighted by molar-refractivity contribution is 5.63. The van der Waals surface area contributed by atoms with Crippen molar-refractivity contribution in [3.05, 3.63) is 99.7 Å². The number of ether oxygens (including phenoxy) is 2. The maximum Gasteiger partial charge on any atom is 0.276 e. The van der Waals surface area contributed by atoms with Crippen molar-refractivity contribution in [3.8, 4) is 17.2 Å². The topological polar surface area (TPSA) is 64.8 Å². The first-order valence-corrected chi connectivity index (χ1v) is 10.7. The average molecular weight is 431 g/mol. The van der Waals surface area contributed by atoms with Gasteiger partial charge in [-0.05, 0) is 67.4 Å². The van der Waals surface area contributed by atoms with Crippen LogP contribution in [0.4, 0.5) is 5.69 Å². The van der Waals surface area contributed by atoms with Gasteiger partial charge in [-0.2, -0.15) is 0 Å². The highest BCUT2D eigenvalue weighted by Crippen LogP contribution is 2.35. The Morgan fingerprint density at radius 1 is 1.00 bits per heavy atom. The number of hydrogen-bond acceptors (Lipinski definition) is 5.